The van der Waals surface area contributed by atoms with Crippen LogP contribution in [0, 0.1) is 6.92 Å². The molecule has 2 bridgehead atoms. The normalized spacial score (nSPS) is 29.4. The second-order valence-corrected chi connectivity index (χ2v) is 5.16. The molecule has 92 valence electrons. The minimum atomic E-state index is 0.341. The van der Waals surface area contributed by atoms with Gasteiger partial charge in [0.25, 0.3) is 0 Å². The van der Waals surface area contributed by atoms with E-state index in [2.05, 4.69) is 34.0 Å². The lowest BCUT2D eigenvalue weighted by atomic mass is 10.1. The van der Waals surface area contributed by atoms with Crippen molar-refractivity contribution in [2.75, 3.05) is 38.1 Å². The molecular formula is C13H19N3O. The van der Waals surface area contributed by atoms with Crippen molar-refractivity contribution in [1.82, 2.24) is 9.88 Å². The molecule has 4 heteroatoms. The maximum absolute atomic E-state index is 5.96. The lowest BCUT2D eigenvalue weighted by molar-refractivity contribution is -0.0875. The van der Waals surface area contributed by atoms with Gasteiger partial charge >= 0.3 is 0 Å². The lowest BCUT2D eigenvalue weighted by Crippen LogP contribution is -2.58. The van der Waals surface area contributed by atoms with Gasteiger partial charge in [0.15, 0.2) is 0 Å². The Labute approximate surface area is 102 Å². The van der Waals surface area contributed by atoms with Crippen LogP contribution in [-0.4, -0.2) is 55.3 Å². The highest BCUT2D eigenvalue weighted by Gasteiger charge is 2.33. The fourth-order valence-electron chi connectivity index (χ4n) is 2.75. The van der Waals surface area contributed by atoms with Gasteiger partial charge in [0.1, 0.15) is 0 Å². The van der Waals surface area contributed by atoms with Gasteiger partial charge in [0, 0.05) is 31.9 Å². The largest absolute Gasteiger partial charge is 0.369 e. The van der Waals surface area contributed by atoms with Crippen molar-refractivity contribution in [2.24, 2.45) is 0 Å². The van der Waals surface area contributed by atoms with Crippen LogP contribution in [0.3, 0.4) is 0 Å². The van der Waals surface area contributed by atoms with Gasteiger partial charge in [-0.3, -0.25) is 4.98 Å². The summed E-state index contributed by atoms with van der Waals surface area (Å²) in [5.41, 5.74) is 2.29. The first-order valence-electron chi connectivity index (χ1n) is 6.22. The Bertz CT molecular complexity index is 374. The summed E-state index contributed by atoms with van der Waals surface area (Å²) >= 11 is 0. The minimum absolute atomic E-state index is 0.341. The van der Waals surface area contributed by atoms with Crippen LogP contribution in [0.5, 0.6) is 0 Å². The Morgan fingerprint density at radius 3 is 2.47 bits per heavy atom. The first-order chi connectivity index (χ1) is 8.20. The average molecular weight is 233 g/mol. The van der Waals surface area contributed by atoms with Gasteiger partial charge in [-0.1, -0.05) is 0 Å². The number of aryl methyl sites for hydroxylation is 1. The monoisotopic (exact) mass is 233 g/mol. The van der Waals surface area contributed by atoms with Crippen molar-refractivity contribution in [3.63, 3.8) is 0 Å². The third-order valence-electron chi connectivity index (χ3n) is 3.52. The number of aromatic nitrogens is 1. The van der Waals surface area contributed by atoms with E-state index in [9.17, 15) is 0 Å². The molecule has 2 unspecified atom stereocenters. The highest BCUT2D eigenvalue weighted by atomic mass is 16.5. The zero-order valence-corrected chi connectivity index (χ0v) is 10.5. The molecule has 0 spiro atoms. The smallest absolute Gasteiger partial charge is 0.0881 e. The number of ether oxygens (including phenoxy) is 1. The van der Waals surface area contributed by atoms with E-state index in [1.54, 1.807) is 0 Å². The second-order valence-electron chi connectivity index (χ2n) is 5.16. The molecule has 0 radical (unpaired) electrons. The number of fused-ring (bicyclic) bond motifs is 2. The molecule has 1 aromatic rings. The molecule has 2 saturated heterocycles. The highest BCUT2D eigenvalue weighted by Crippen LogP contribution is 2.23. The van der Waals surface area contributed by atoms with Crippen molar-refractivity contribution in [3.8, 4) is 0 Å². The summed E-state index contributed by atoms with van der Waals surface area (Å²) in [6.07, 6.45) is 2.66. The maximum Gasteiger partial charge on any atom is 0.0881 e. The Kier molecular flexibility index (Phi) is 2.76. The van der Waals surface area contributed by atoms with Crippen LogP contribution in [-0.2, 0) is 4.74 Å². The van der Waals surface area contributed by atoms with Gasteiger partial charge in [-0.15, -0.1) is 0 Å². The number of rotatable bonds is 1. The number of hydrogen-bond acceptors (Lipinski definition) is 4. The molecular weight excluding hydrogens is 214 g/mol. The quantitative estimate of drug-likeness (QED) is 0.721. The fourth-order valence-corrected chi connectivity index (χ4v) is 2.75. The first kappa shape index (κ1) is 11.0. The molecule has 0 N–H and O–H groups in total. The van der Waals surface area contributed by atoms with Gasteiger partial charge in [-0.2, -0.15) is 0 Å². The molecule has 0 aliphatic carbocycles. The third-order valence-corrected chi connectivity index (χ3v) is 3.52. The molecule has 0 aromatic carbocycles. The van der Waals surface area contributed by atoms with E-state index in [1.165, 1.54) is 5.69 Å². The summed E-state index contributed by atoms with van der Waals surface area (Å²) in [6, 6.07) is 4.24. The van der Waals surface area contributed by atoms with Gasteiger partial charge in [-0.05, 0) is 26.1 Å². The fraction of sp³-hybridized carbons (Fsp3) is 0.615. The summed E-state index contributed by atoms with van der Waals surface area (Å²) in [4.78, 5) is 9.14. The molecule has 3 heterocycles. The van der Waals surface area contributed by atoms with Crippen LogP contribution in [0.1, 0.15) is 5.69 Å². The molecule has 2 fully saturated rings. The highest BCUT2D eigenvalue weighted by molar-refractivity contribution is 5.45. The predicted octanol–water partition coefficient (Wildman–Crippen LogP) is 0.909. The third kappa shape index (κ3) is 2.28. The van der Waals surface area contributed by atoms with Gasteiger partial charge in [0.05, 0.1) is 24.1 Å². The standard InChI is InChI=1S/C13H19N3O/c1-10-3-4-11(5-14-10)16-8-12-6-15(2)7-13(9-16)17-12/h3-5,12-13H,6-9H2,1-2H3. The van der Waals surface area contributed by atoms with E-state index in [0.717, 1.165) is 31.9 Å². The number of hydrogen-bond donors (Lipinski definition) is 0. The first-order valence-corrected chi connectivity index (χ1v) is 6.22. The lowest BCUT2D eigenvalue weighted by Gasteiger charge is -2.45. The molecule has 3 rings (SSSR count). The molecule has 17 heavy (non-hydrogen) atoms. The van der Waals surface area contributed by atoms with Gasteiger partial charge in [-0.25, -0.2) is 0 Å². The van der Waals surface area contributed by atoms with Crippen molar-refractivity contribution in [1.29, 1.82) is 0 Å². The molecule has 2 aliphatic rings. The van der Waals surface area contributed by atoms with Crippen molar-refractivity contribution < 1.29 is 4.74 Å². The number of nitrogens with zero attached hydrogens (tertiary/aromatic N) is 3. The zero-order chi connectivity index (χ0) is 11.8. The Morgan fingerprint density at radius 2 is 1.88 bits per heavy atom. The summed E-state index contributed by atoms with van der Waals surface area (Å²) in [6.45, 7) is 6.04. The van der Waals surface area contributed by atoms with Crippen molar-refractivity contribution in [2.45, 2.75) is 19.1 Å². The maximum atomic E-state index is 5.96. The minimum Gasteiger partial charge on any atom is -0.369 e. The second kappa shape index (κ2) is 4.27. The number of likely N-dealkylation sites (N-methyl/N-ethyl adjacent to an activating group) is 1. The van der Waals surface area contributed by atoms with E-state index in [-0.39, 0.29) is 0 Å². The van der Waals surface area contributed by atoms with E-state index in [4.69, 9.17) is 4.74 Å². The molecule has 2 aliphatic heterocycles. The van der Waals surface area contributed by atoms with Crippen LogP contribution in [0.4, 0.5) is 5.69 Å². The van der Waals surface area contributed by atoms with Gasteiger partial charge < -0.3 is 14.5 Å². The van der Waals surface area contributed by atoms with Gasteiger partial charge in [0.2, 0.25) is 0 Å². The van der Waals surface area contributed by atoms with Crippen LogP contribution in [0.2, 0.25) is 0 Å². The molecule has 1 aromatic heterocycles. The SMILES string of the molecule is Cc1ccc(N2CC3CN(C)CC(C2)O3)cn1. The predicted molar refractivity (Wildman–Crippen MR) is 67.3 cm³/mol. The van der Waals surface area contributed by atoms with Crippen molar-refractivity contribution >= 4 is 5.69 Å². The Hall–Kier alpha value is -1.13. The van der Waals surface area contributed by atoms with Crippen LogP contribution >= 0.6 is 0 Å². The summed E-state index contributed by atoms with van der Waals surface area (Å²) < 4.78 is 5.96. The van der Waals surface area contributed by atoms with Crippen LogP contribution in [0.15, 0.2) is 18.3 Å². The summed E-state index contributed by atoms with van der Waals surface area (Å²) in [5, 5.41) is 0. The van der Waals surface area contributed by atoms with E-state index < -0.39 is 0 Å². The molecule has 2 atom stereocenters. The molecule has 0 amide bonds. The Morgan fingerprint density at radius 1 is 1.18 bits per heavy atom. The van der Waals surface area contributed by atoms with E-state index >= 15 is 0 Å². The summed E-state index contributed by atoms with van der Waals surface area (Å²) in [7, 11) is 2.17. The zero-order valence-electron chi connectivity index (χ0n) is 10.5. The average Bonchev–Trinajstić information content (AvgIpc) is 2.28. The molecule has 0 saturated carbocycles. The number of pyridine rings is 1. The van der Waals surface area contributed by atoms with Crippen LogP contribution in [0.25, 0.3) is 0 Å². The number of anilines is 1. The van der Waals surface area contributed by atoms with E-state index in [0.29, 0.717) is 12.2 Å². The molecule has 4 nitrogen and oxygen atoms in total. The van der Waals surface area contributed by atoms with Crippen LogP contribution < -0.4 is 4.90 Å². The number of morpholine rings is 2. The van der Waals surface area contributed by atoms with Crippen molar-refractivity contribution in [3.05, 3.63) is 24.0 Å². The topological polar surface area (TPSA) is 28.6 Å². The summed E-state index contributed by atoms with van der Waals surface area (Å²) in [5.74, 6) is 0. The van der Waals surface area contributed by atoms with E-state index in [1.807, 2.05) is 13.1 Å². The Balaban J connectivity index is 1.75.